The van der Waals surface area contributed by atoms with Gasteiger partial charge < -0.3 is 5.32 Å². The predicted molar refractivity (Wildman–Crippen MR) is 76.1 cm³/mol. The van der Waals surface area contributed by atoms with Gasteiger partial charge in [0.25, 0.3) is 0 Å². The Morgan fingerprint density at radius 3 is 3.00 bits per heavy atom. The summed E-state index contributed by atoms with van der Waals surface area (Å²) in [4.78, 5) is 2.39. The van der Waals surface area contributed by atoms with Gasteiger partial charge in [-0.2, -0.15) is 0 Å². The van der Waals surface area contributed by atoms with Crippen LogP contribution in [0.25, 0.3) is 0 Å². The molecular weight excluding hydrogens is 295 g/mol. The van der Waals surface area contributed by atoms with Gasteiger partial charge in [0.05, 0.1) is 4.47 Å². The first-order valence-electron chi connectivity index (χ1n) is 6.44. The van der Waals surface area contributed by atoms with E-state index in [0.717, 1.165) is 38.2 Å². The second kappa shape index (κ2) is 5.68. The summed E-state index contributed by atoms with van der Waals surface area (Å²) in [6, 6.07) is 5.25. The summed E-state index contributed by atoms with van der Waals surface area (Å²) in [6.45, 7) is 8.27. The molecule has 18 heavy (non-hydrogen) atoms. The van der Waals surface area contributed by atoms with Crippen molar-refractivity contribution < 1.29 is 4.39 Å². The number of rotatable bonds is 3. The first kappa shape index (κ1) is 14.0. The number of halogens is 2. The molecule has 1 saturated heterocycles. The van der Waals surface area contributed by atoms with E-state index >= 15 is 0 Å². The molecule has 0 aromatic heterocycles. The van der Waals surface area contributed by atoms with E-state index in [9.17, 15) is 4.39 Å². The summed E-state index contributed by atoms with van der Waals surface area (Å²) < 4.78 is 14.1. The molecule has 2 rings (SSSR count). The van der Waals surface area contributed by atoms with Gasteiger partial charge in [0.15, 0.2) is 0 Å². The minimum atomic E-state index is -0.180. The average Bonchev–Trinajstić information content (AvgIpc) is 2.35. The predicted octanol–water partition coefficient (Wildman–Crippen LogP) is 3.16. The van der Waals surface area contributed by atoms with Crippen molar-refractivity contribution in [3.63, 3.8) is 0 Å². The molecule has 0 radical (unpaired) electrons. The second-order valence-corrected chi connectivity index (χ2v) is 6.06. The van der Waals surface area contributed by atoms with E-state index in [-0.39, 0.29) is 11.4 Å². The summed E-state index contributed by atoms with van der Waals surface area (Å²) in [6.07, 6.45) is 1.10. The van der Waals surface area contributed by atoms with Crippen molar-refractivity contribution in [2.45, 2.75) is 32.4 Å². The maximum atomic E-state index is 13.5. The van der Waals surface area contributed by atoms with Gasteiger partial charge in [-0.3, -0.25) is 4.90 Å². The van der Waals surface area contributed by atoms with Crippen LogP contribution in [0.4, 0.5) is 4.39 Å². The third-order valence-electron chi connectivity index (χ3n) is 3.76. The van der Waals surface area contributed by atoms with Crippen molar-refractivity contribution in [3.05, 3.63) is 34.1 Å². The Bertz CT molecular complexity index is 424. The van der Waals surface area contributed by atoms with Gasteiger partial charge >= 0.3 is 0 Å². The highest BCUT2D eigenvalue weighted by atomic mass is 79.9. The quantitative estimate of drug-likeness (QED) is 0.922. The Kier molecular flexibility index (Phi) is 4.41. The van der Waals surface area contributed by atoms with Crippen LogP contribution in [-0.4, -0.2) is 30.1 Å². The summed E-state index contributed by atoms with van der Waals surface area (Å²) in [5.41, 5.74) is 1.20. The molecule has 1 aromatic rings. The summed E-state index contributed by atoms with van der Waals surface area (Å²) in [7, 11) is 0. The highest BCUT2D eigenvalue weighted by Crippen LogP contribution is 2.23. The molecule has 1 unspecified atom stereocenters. The van der Waals surface area contributed by atoms with Gasteiger partial charge in [0.1, 0.15) is 5.82 Å². The Balaban J connectivity index is 2.07. The van der Waals surface area contributed by atoms with E-state index in [1.54, 1.807) is 6.07 Å². The molecule has 1 heterocycles. The highest BCUT2D eigenvalue weighted by Gasteiger charge is 2.28. The zero-order valence-corrected chi connectivity index (χ0v) is 12.6. The van der Waals surface area contributed by atoms with E-state index < -0.39 is 0 Å². The van der Waals surface area contributed by atoms with Crippen LogP contribution in [0.1, 0.15) is 25.8 Å². The molecule has 100 valence electrons. The largest absolute Gasteiger partial charge is 0.309 e. The van der Waals surface area contributed by atoms with Crippen LogP contribution in [0.2, 0.25) is 0 Å². The van der Waals surface area contributed by atoms with Crippen molar-refractivity contribution in [1.29, 1.82) is 0 Å². The molecule has 1 aromatic carbocycles. The molecule has 0 spiro atoms. The van der Waals surface area contributed by atoms with Gasteiger partial charge in [0, 0.05) is 31.7 Å². The number of benzene rings is 1. The zero-order chi connectivity index (χ0) is 13.2. The Morgan fingerprint density at radius 2 is 2.28 bits per heavy atom. The number of hydrogen-bond acceptors (Lipinski definition) is 2. The summed E-state index contributed by atoms with van der Waals surface area (Å²) >= 11 is 3.34. The molecular formula is C14H20BrFN2. The van der Waals surface area contributed by atoms with E-state index in [4.69, 9.17) is 0 Å². The fourth-order valence-corrected chi connectivity index (χ4v) is 2.82. The van der Waals surface area contributed by atoms with Crippen LogP contribution >= 0.6 is 15.9 Å². The molecule has 1 N–H and O–H groups in total. The standard InChI is InChI=1S/C14H20BrFN2/c1-3-14(2)10-18(8-7-17-14)9-11-5-4-6-12(16)13(11)15/h4-6,17H,3,7-10H2,1-2H3. The molecule has 0 bridgehead atoms. The number of piperazine rings is 1. The first-order valence-corrected chi connectivity index (χ1v) is 7.23. The fourth-order valence-electron chi connectivity index (χ4n) is 2.43. The Labute approximate surface area is 117 Å². The van der Waals surface area contributed by atoms with Crippen molar-refractivity contribution in [1.82, 2.24) is 10.2 Å². The second-order valence-electron chi connectivity index (χ2n) is 5.26. The number of nitrogens with zero attached hydrogens (tertiary/aromatic N) is 1. The zero-order valence-electron chi connectivity index (χ0n) is 11.0. The summed E-state index contributed by atoms with van der Waals surface area (Å²) in [5, 5.41) is 3.56. The molecule has 0 aliphatic carbocycles. The van der Waals surface area contributed by atoms with Gasteiger partial charge in [-0.1, -0.05) is 19.1 Å². The van der Waals surface area contributed by atoms with E-state index in [2.05, 4.69) is 40.0 Å². The topological polar surface area (TPSA) is 15.3 Å². The van der Waals surface area contributed by atoms with E-state index in [1.807, 2.05) is 6.07 Å². The van der Waals surface area contributed by atoms with Crippen LogP contribution in [0.15, 0.2) is 22.7 Å². The third kappa shape index (κ3) is 3.11. The molecule has 4 heteroatoms. The van der Waals surface area contributed by atoms with Crippen LogP contribution in [-0.2, 0) is 6.54 Å². The maximum Gasteiger partial charge on any atom is 0.137 e. The smallest absolute Gasteiger partial charge is 0.137 e. The first-order chi connectivity index (χ1) is 8.54. The monoisotopic (exact) mass is 314 g/mol. The Hall–Kier alpha value is -0.450. The lowest BCUT2D eigenvalue weighted by Crippen LogP contribution is -2.58. The van der Waals surface area contributed by atoms with Crippen molar-refractivity contribution in [2.24, 2.45) is 0 Å². The van der Waals surface area contributed by atoms with E-state index in [1.165, 1.54) is 6.07 Å². The van der Waals surface area contributed by atoms with Gasteiger partial charge in [-0.15, -0.1) is 0 Å². The van der Waals surface area contributed by atoms with Gasteiger partial charge in [-0.25, -0.2) is 4.39 Å². The number of hydrogen-bond donors (Lipinski definition) is 1. The van der Waals surface area contributed by atoms with Crippen LogP contribution in [0.5, 0.6) is 0 Å². The van der Waals surface area contributed by atoms with Crippen molar-refractivity contribution >= 4 is 15.9 Å². The minimum absolute atomic E-state index is 0.179. The average molecular weight is 315 g/mol. The van der Waals surface area contributed by atoms with Crippen molar-refractivity contribution in [3.8, 4) is 0 Å². The normalized spacial score (nSPS) is 25.3. The van der Waals surface area contributed by atoms with Crippen LogP contribution in [0.3, 0.4) is 0 Å². The molecule has 0 amide bonds. The van der Waals surface area contributed by atoms with Gasteiger partial charge in [0.2, 0.25) is 0 Å². The molecule has 1 fully saturated rings. The number of nitrogens with one attached hydrogen (secondary N) is 1. The maximum absolute atomic E-state index is 13.5. The van der Waals surface area contributed by atoms with Crippen LogP contribution in [0, 0.1) is 5.82 Å². The Morgan fingerprint density at radius 1 is 1.50 bits per heavy atom. The SMILES string of the molecule is CCC1(C)CN(Cc2cccc(F)c2Br)CCN1. The highest BCUT2D eigenvalue weighted by molar-refractivity contribution is 9.10. The molecule has 1 aliphatic rings. The van der Waals surface area contributed by atoms with Gasteiger partial charge in [-0.05, 0) is 40.9 Å². The molecule has 2 nitrogen and oxygen atoms in total. The third-order valence-corrected chi connectivity index (χ3v) is 4.65. The lowest BCUT2D eigenvalue weighted by atomic mass is 9.95. The fraction of sp³-hybridized carbons (Fsp3) is 0.571. The van der Waals surface area contributed by atoms with Crippen molar-refractivity contribution in [2.75, 3.05) is 19.6 Å². The minimum Gasteiger partial charge on any atom is -0.309 e. The van der Waals surface area contributed by atoms with E-state index in [0.29, 0.717) is 4.47 Å². The lowest BCUT2D eigenvalue weighted by Gasteiger charge is -2.41. The summed E-state index contributed by atoms with van der Waals surface area (Å²) in [5.74, 6) is -0.180. The molecule has 1 atom stereocenters. The lowest BCUT2D eigenvalue weighted by molar-refractivity contribution is 0.133. The van der Waals surface area contributed by atoms with Crippen LogP contribution < -0.4 is 5.32 Å². The molecule has 0 saturated carbocycles. The molecule has 1 aliphatic heterocycles.